The van der Waals surface area contributed by atoms with Crippen LogP contribution in [0.1, 0.15) is 32.3 Å². The Kier molecular flexibility index (Phi) is 6.91. The standard InChI is InChI=1S/C15H24FNO/c1-4-9-17-14(15(5-2)18-3)11-12-7-6-8-13(16)10-12/h6-8,10,14-15,17H,4-5,9,11H2,1-3H3. The Labute approximate surface area is 110 Å². The lowest BCUT2D eigenvalue weighted by molar-refractivity contribution is 0.0653. The topological polar surface area (TPSA) is 21.3 Å². The Morgan fingerprint density at radius 3 is 2.67 bits per heavy atom. The summed E-state index contributed by atoms with van der Waals surface area (Å²) in [7, 11) is 1.74. The lowest BCUT2D eigenvalue weighted by Gasteiger charge is -2.26. The molecule has 3 heteroatoms. The molecule has 102 valence electrons. The van der Waals surface area contributed by atoms with Crippen LogP contribution in [0.5, 0.6) is 0 Å². The molecule has 0 aliphatic carbocycles. The quantitative estimate of drug-likeness (QED) is 0.768. The number of nitrogens with one attached hydrogen (secondary N) is 1. The molecule has 2 nitrogen and oxygen atoms in total. The zero-order valence-electron chi connectivity index (χ0n) is 11.6. The van der Waals surface area contributed by atoms with Crippen LogP contribution in [0.4, 0.5) is 4.39 Å². The molecular weight excluding hydrogens is 229 g/mol. The van der Waals surface area contributed by atoms with Crippen molar-refractivity contribution in [1.29, 1.82) is 0 Å². The molecule has 0 aliphatic heterocycles. The maximum absolute atomic E-state index is 13.2. The minimum atomic E-state index is -0.174. The molecule has 0 aromatic heterocycles. The van der Waals surface area contributed by atoms with Crippen LogP contribution in [0, 0.1) is 5.82 Å². The van der Waals surface area contributed by atoms with Crippen molar-refractivity contribution in [1.82, 2.24) is 5.32 Å². The molecule has 0 spiro atoms. The fraction of sp³-hybridized carbons (Fsp3) is 0.600. The van der Waals surface area contributed by atoms with E-state index < -0.39 is 0 Å². The summed E-state index contributed by atoms with van der Waals surface area (Å²) in [6.07, 6.45) is 3.00. The molecule has 0 saturated carbocycles. The van der Waals surface area contributed by atoms with E-state index in [1.54, 1.807) is 19.2 Å². The van der Waals surface area contributed by atoms with E-state index in [0.29, 0.717) is 0 Å². The van der Waals surface area contributed by atoms with E-state index in [1.807, 2.05) is 6.07 Å². The fourth-order valence-electron chi connectivity index (χ4n) is 2.20. The normalized spacial score (nSPS) is 14.4. The van der Waals surface area contributed by atoms with Crippen molar-refractivity contribution < 1.29 is 9.13 Å². The number of rotatable bonds is 8. The minimum Gasteiger partial charge on any atom is -0.380 e. The molecule has 1 N–H and O–H groups in total. The second-order valence-electron chi connectivity index (χ2n) is 4.58. The van der Waals surface area contributed by atoms with Gasteiger partial charge in [0.25, 0.3) is 0 Å². The van der Waals surface area contributed by atoms with Crippen molar-refractivity contribution in [3.63, 3.8) is 0 Å². The van der Waals surface area contributed by atoms with Crippen molar-refractivity contribution in [2.24, 2.45) is 0 Å². The summed E-state index contributed by atoms with van der Waals surface area (Å²) >= 11 is 0. The summed E-state index contributed by atoms with van der Waals surface area (Å²) < 4.78 is 18.7. The molecule has 0 heterocycles. The maximum Gasteiger partial charge on any atom is 0.123 e. The first-order valence-electron chi connectivity index (χ1n) is 6.71. The summed E-state index contributed by atoms with van der Waals surface area (Å²) in [4.78, 5) is 0. The molecule has 1 aromatic rings. The molecule has 1 aromatic carbocycles. The molecule has 0 amide bonds. The predicted octanol–water partition coefficient (Wildman–Crippen LogP) is 3.16. The lowest BCUT2D eigenvalue weighted by atomic mass is 9.99. The van der Waals surface area contributed by atoms with Crippen LogP contribution in [0.2, 0.25) is 0 Å². The fourth-order valence-corrected chi connectivity index (χ4v) is 2.20. The summed E-state index contributed by atoms with van der Waals surface area (Å²) in [5.41, 5.74) is 1.01. The highest BCUT2D eigenvalue weighted by atomic mass is 19.1. The van der Waals surface area contributed by atoms with Gasteiger partial charge >= 0.3 is 0 Å². The third-order valence-corrected chi connectivity index (χ3v) is 3.16. The van der Waals surface area contributed by atoms with Gasteiger partial charge in [-0.05, 0) is 43.5 Å². The predicted molar refractivity (Wildman–Crippen MR) is 73.3 cm³/mol. The van der Waals surface area contributed by atoms with E-state index in [2.05, 4.69) is 19.2 Å². The van der Waals surface area contributed by atoms with Crippen LogP contribution in [0.3, 0.4) is 0 Å². The van der Waals surface area contributed by atoms with Gasteiger partial charge in [-0.15, -0.1) is 0 Å². The second kappa shape index (κ2) is 8.22. The van der Waals surface area contributed by atoms with Crippen LogP contribution in [-0.2, 0) is 11.2 Å². The summed E-state index contributed by atoms with van der Waals surface area (Å²) in [6.45, 7) is 5.21. The highest BCUT2D eigenvalue weighted by Crippen LogP contribution is 2.12. The molecule has 1 rings (SSSR count). The van der Waals surface area contributed by atoms with Crippen LogP contribution in [0.15, 0.2) is 24.3 Å². The first-order chi connectivity index (χ1) is 8.71. The summed E-state index contributed by atoms with van der Waals surface area (Å²) in [6, 6.07) is 7.04. The van der Waals surface area contributed by atoms with Gasteiger partial charge in [0.05, 0.1) is 6.10 Å². The average molecular weight is 253 g/mol. The first-order valence-corrected chi connectivity index (χ1v) is 6.71. The van der Waals surface area contributed by atoms with E-state index in [1.165, 1.54) is 6.07 Å². The molecule has 0 saturated heterocycles. The van der Waals surface area contributed by atoms with Gasteiger partial charge in [0, 0.05) is 13.2 Å². The van der Waals surface area contributed by atoms with Gasteiger partial charge in [-0.3, -0.25) is 0 Å². The number of benzene rings is 1. The van der Waals surface area contributed by atoms with E-state index in [4.69, 9.17) is 4.74 Å². The van der Waals surface area contributed by atoms with Crippen molar-refractivity contribution >= 4 is 0 Å². The van der Waals surface area contributed by atoms with E-state index in [9.17, 15) is 4.39 Å². The zero-order valence-corrected chi connectivity index (χ0v) is 11.6. The Morgan fingerprint density at radius 1 is 1.33 bits per heavy atom. The van der Waals surface area contributed by atoms with Gasteiger partial charge in [-0.2, -0.15) is 0 Å². The molecule has 0 bridgehead atoms. The molecule has 0 fully saturated rings. The molecule has 2 unspecified atom stereocenters. The van der Waals surface area contributed by atoms with Crippen molar-refractivity contribution in [2.75, 3.05) is 13.7 Å². The van der Waals surface area contributed by atoms with Gasteiger partial charge in [0.1, 0.15) is 5.82 Å². The van der Waals surface area contributed by atoms with E-state index >= 15 is 0 Å². The SMILES string of the molecule is CCCNC(Cc1cccc(F)c1)C(CC)OC. The number of ether oxygens (including phenoxy) is 1. The molecule has 2 atom stereocenters. The average Bonchev–Trinajstić information content (AvgIpc) is 2.37. The number of halogens is 1. The Hall–Kier alpha value is -0.930. The molecule has 0 radical (unpaired) electrons. The number of methoxy groups -OCH3 is 1. The number of hydrogen-bond donors (Lipinski definition) is 1. The van der Waals surface area contributed by atoms with E-state index in [0.717, 1.165) is 31.4 Å². The third kappa shape index (κ3) is 4.75. The van der Waals surface area contributed by atoms with Gasteiger partial charge in [0.15, 0.2) is 0 Å². The van der Waals surface area contributed by atoms with Crippen molar-refractivity contribution in [3.8, 4) is 0 Å². The van der Waals surface area contributed by atoms with Gasteiger partial charge in [0.2, 0.25) is 0 Å². The van der Waals surface area contributed by atoms with Gasteiger partial charge < -0.3 is 10.1 Å². The Bertz CT molecular complexity index is 339. The Morgan fingerprint density at radius 2 is 2.11 bits per heavy atom. The minimum absolute atomic E-state index is 0.166. The van der Waals surface area contributed by atoms with Crippen LogP contribution in [0.25, 0.3) is 0 Å². The van der Waals surface area contributed by atoms with Gasteiger partial charge in [-0.25, -0.2) is 4.39 Å². The highest BCUT2D eigenvalue weighted by molar-refractivity contribution is 5.17. The molecule has 18 heavy (non-hydrogen) atoms. The molecular formula is C15H24FNO. The van der Waals surface area contributed by atoms with Crippen molar-refractivity contribution in [3.05, 3.63) is 35.6 Å². The lowest BCUT2D eigenvalue weighted by Crippen LogP contribution is -2.42. The molecule has 0 aliphatic rings. The van der Waals surface area contributed by atoms with Crippen LogP contribution >= 0.6 is 0 Å². The third-order valence-electron chi connectivity index (χ3n) is 3.16. The van der Waals surface area contributed by atoms with Crippen LogP contribution < -0.4 is 5.32 Å². The van der Waals surface area contributed by atoms with Gasteiger partial charge in [-0.1, -0.05) is 26.0 Å². The first kappa shape index (κ1) is 15.1. The Balaban J connectivity index is 2.70. The highest BCUT2D eigenvalue weighted by Gasteiger charge is 2.19. The van der Waals surface area contributed by atoms with Crippen LogP contribution in [-0.4, -0.2) is 25.8 Å². The van der Waals surface area contributed by atoms with Crippen molar-refractivity contribution in [2.45, 2.75) is 45.3 Å². The smallest absolute Gasteiger partial charge is 0.123 e. The zero-order chi connectivity index (χ0) is 13.4. The second-order valence-corrected chi connectivity index (χ2v) is 4.58. The monoisotopic (exact) mass is 253 g/mol. The largest absolute Gasteiger partial charge is 0.380 e. The van der Waals surface area contributed by atoms with E-state index in [-0.39, 0.29) is 18.0 Å². The maximum atomic E-state index is 13.2. The summed E-state index contributed by atoms with van der Waals surface area (Å²) in [5, 5.41) is 3.49. The number of hydrogen-bond acceptors (Lipinski definition) is 2. The summed E-state index contributed by atoms with van der Waals surface area (Å²) in [5.74, 6) is -0.174.